The third-order valence-corrected chi connectivity index (χ3v) is 5.16. The van der Waals surface area contributed by atoms with Crippen molar-refractivity contribution in [3.8, 4) is 0 Å². The molecule has 1 amide bonds. The van der Waals surface area contributed by atoms with Crippen molar-refractivity contribution in [1.29, 1.82) is 0 Å². The minimum Gasteiger partial charge on any atom is -0.338 e. The van der Waals surface area contributed by atoms with Crippen LogP contribution in [0.2, 0.25) is 0 Å². The largest absolute Gasteiger partial charge is 0.338 e. The first-order chi connectivity index (χ1) is 13.7. The number of hydrogen-bond donors (Lipinski definition) is 0. The zero-order valence-electron chi connectivity index (χ0n) is 15.9. The Balaban J connectivity index is 1.56. The smallest absolute Gasteiger partial charge is 0.236 e. The van der Waals surface area contributed by atoms with Crippen molar-refractivity contribution in [3.05, 3.63) is 83.9 Å². The van der Waals surface area contributed by atoms with Crippen LogP contribution >= 0.6 is 0 Å². The van der Waals surface area contributed by atoms with Crippen LogP contribution in [0.3, 0.4) is 0 Å². The maximum atomic E-state index is 13.5. The van der Waals surface area contributed by atoms with Crippen LogP contribution in [0.4, 0.5) is 5.95 Å². The molecule has 1 aliphatic heterocycles. The second kappa shape index (κ2) is 8.17. The van der Waals surface area contributed by atoms with Crippen molar-refractivity contribution in [2.24, 2.45) is 0 Å². The lowest BCUT2D eigenvalue weighted by molar-refractivity contribution is -0.132. The maximum absolute atomic E-state index is 13.5. The van der Waals surface area contributed by atoms with Gasteiger partial charge in [-0.2, -0.15) is 0 Å². The molecule has 1 atom stereocenters. The molecule has 1 fully saturated rings. The van der Waals surface area contributed by atoms with E-state index in [1.165, 1.54) is 0 Å². The van der Waals surface area contributed by atoms with Gasteiger partial charge in [-0.25, -0.2) is 9.97 Å². The standard InChI is InChI=1S/C22H23N5O/c1-17-7-2-3-8-18(17)20(19-9-4-5-10-23-19)21(28)26-13-15-27(16-14-26)22-24-11-6-12-25-22/h2-12,20H,13-16H2,1H3. The molecule has 1 saturated heterocycles. The van der Waals surface area contributed by atoms with Gasteiger partial charge in [0.1, 0.15) is 5.92 Å². The summed E-state index contributed by atoms with van der Waals surface area (Å²) in [6, 6.07) is 15.6. The van der Waals surface area contributed by atoms with E-state index in [1.54, 1.807) is 18.6 Å². The number of piperazine rings is 1. The zero-order chi connectivity index (χ0) is 19.3. The number of benzene rings is 1. The van der Waals surface area contributed by atoms with Gasteiger partial charge in [-0.3, -0.25) is 9.78 Å². The molecule has 3 heterocycles. The summed E-state index contributed by atoms with van der Waals surface area (Å²) in [5, 5.41) is 0. The minimum absolute atomic E-state index is 0.0987. The molecule has 1 unspecified atom stereocenters. The number of aromatic nitrogens is 3. The highest BCUT2D eigenvalue weighted by Gasteiger charge is 2.31. The van der Waals surface area contributed by atoms with Crippen molar-refractivity contribution in [1.82, 2.24) is 19.9 Å². The quantitative estimate of drug-likeness (QED) is 0.704. The number of carbonyl (C=O) groups excluding carboxylic acids is 1. The van der Waals surface area contributed by atoms with Gasteiger partial charge in [0.2, 0.25) is 11.9 Å². The number of nitrogens with zero attached hydrogens (tertiary/aromatic N) is 5. The first kappa shape index (κ1) is 18.1. The molecule has 1 aromatic carbocycles. The van der Waals surface area contributed by atoms with Crippen molar-refractivity contribution in [2.75, 3.05) is 31.1 Å². The van der Waals surface area contributed by atoms with Gasteiger partial charge in [0.05, 0.1) is 5.69 Å². The highest BCUT2D eigenvalue weighted by atomic mass is 16.2. The van der Waals surface area contributed by atoms with Crippen molar-refractivity contribution >= 4 is 11.9 Å². The topological polar surface area (TPSA) is 62.2 Å². The SMILES string of the molecule is Cc1ccccc1C(C(=O)N1CCN(c2ncccn2)CC1)c1ccccn1. The molecule has 0 radical (unpaired) electrons. The highest BCUT2D eigenvalue weighted by Crippen LogP contribution is 2.28. The molecule has 142 valence electrons. The molecule has 28 heavy (non-hydrogen) atoms. The fourth-order valence-corrected chi connectivity index (χ4v) is 3.64. The van der Waals surface area contributed by atoms with Crippen molar-refractivity contribution in [3.63, 3.8) is 0 Å². The summed E-state index contributed by atoms with van der Waals surface area (Å²) < 4.78 is 0. The van der Waals surface area contributed by atoms with Crippen LogP contribution in [0.25, 0.3) is 0 Å². The van der Waals surface area contributed by atoms with E-state index in [9.17, 15) is 4.79 Å². The molecule has 0 bridgehead atoms. The van der Waals surface area contributed by atoms with Crippen LogP contribution in [0, 0.1) is 6.92 Å². The molecule has 0 spiro atoms. The summed E-state index contributed by atoms with van der Waals surface area (Å²) in [4.78, 5) is 30.7. The van der Waals surface area contributed by atoms with Crippen LogP contribution in [-0.2, 0) is 4.79 Å². The maximum Gasteiger partial charge on any atom is 0.236 e. The second-order valence-electron chi connectivity index (χ2n) is 6.91. The fraction of sp³-hybridized carbons (Fsp3) is 0.273. The fourth-order valence-electron chi connectivity index (χ4n) is 3.64. The molecular formula is C22H23N5O. The molecule has 2 aromatic heterocycles. The van der Waals surface area contributed by atoms with E-state index in [0.29, 0.717) is 13.1 Å². The Morgan fingerprint density at radius 1 is 0.857 bits per heavy atom. The summed E-state index contributed by atoms with van der Waals surface area (Å²) in [5.41, 5.74) is 2.90. The van der Waals surface area contributed by atoms with Crippen LogP contribution in [0.1, 0.15) is 22.7 Å². The first-order valence-corrected chi connectivity index (χ1v) is 9.51. The lowest BCUT2D eigenvalue weighted by Crippen LogP contribution is -2.50. The number of hydrogen-bond acceptors (Lipinski definition) is 5. The normalized spacial score (nSPS) is 15.3. The van der Waals surface area contributed by atoms with Gasteiger partial charge in [-0.15, -0.1) is 0 Å². The van der Waals surface area contributed by atoms with Crippen LogP contribution in [0.15, 0.2) is 67.1 Å². The Kier molecular flexibility index (Phi) is 5.28. The van der Waals surface area contributed by atoms with Gasteiger partial charge in [0, 0.05) is 44.8 Å². The molecule has 3 aromatic rings. The van der Waals surface area contributed by atoms with Gasteiger partial charge < -0.3 is 9.80 Å². The summed E-state index contributed by atoms with van der Waals surface area (Å²) in [6.45, 7) is 4.78. The molecule has 6 nitrogen and oxygen atoms in total. The number of carbonyl (C=O) groups is 1. The predicted molar refractivity (Wildman–Crippen MR) is 108 cm³/mol. The van der Waals surface area contributed by atoms with Crippen molar-refractivity contribution < 1.29 is 4.79 Å². The molecule has 0 saturated carbocycles. The van der Waals surface area contributed by atoms with Gasteiger partial charge in [-0.05, 0) is 36.2 Å². The monoisotopic (exact) mass is 373 g/mol. The van der Waals surface area contributed by atoms with Gasteiger partial charge in [0.25, 0.3) is 0 Å². The van der Waals surface area contributed by atoms with Crippen molar-refractivity contribution in [2.45, 2.75) is 12.8 Å². The lowest BCUT2D eigenvalue weighted by atomic mass is 9.90. The number of aryl methyl sites for hydroxylation is 1. The Morgan fingerprint density at radius 2 is 1.54 bits per heavy atom. The van der Waals surface area contributed by atoms with E-state index in [0.717, 1.165) is 35.9 Å². The summed E-state index contributed by atoms with van der Waals surface area (Å²) in [5.74, 6) is 0.429. The molecule has 6 heteroatoms. The summed E-state index contributed by atoms with van der Waals surface area (Å²) in [7, 11) is 0. The zero-order valence-corrected chi connectivity index (χ0v) is 15.9. The summed E-state index contributed by atoms with van der Waals surface area (Å²) >= 11 is 0. The van der Waals surface area contributed by atoms with E-state index in [2.05, 4.69) is 19.9 Å². The lowest BCUT2D eigenvalue weighted by Gasteiger charge is -2.36. The molecule has 1 aliphatic rings. The van der Waals surface area contributed by atoms with E-state index >= 15 is 0 Å². The van der Waals surface area contributed by atoms with E-state index in [1.807, 2.05) is 60.4 Å². The predicted octanol–water partition coefficient (Wildman–Crippen LogP) is 2.66. The average Bonchev–Trinajstić information content (AvgIpc) is 2.77. The van der Waals surface area contributed by atoms with Crippen LogP contribution < -0.4 is 4.90 Å². The van der Waals surface area contributed by atoms with Gasteiger partial charge in [0.15, 0.2) is 0 Å². The minimum atomic E-state index is -0.387. The van der Waals surface area contributed by atoms with E-state index in [-0.39, 0.29) is 11.8 Å². The van der Waals surface area contributed by atoms with Crippen LogP contribution in [-0.4, -0.2) is 51.9 Å². The third kappa shape index (κ3) is 3.71. The molecule has 4 rings (SSSR count). The average molecular weight is 373 g/mol. The van der Waals surface area contributed by atoms with Crippen LogP contribution in [0.5, 0.6) is 0 Å². The van der Waals surface area contributed by atoms with Gasteiger partial charge in [-0.1, -0.05) is 30.3 Å². The number of pyridine rings is 1. The molecule has 0 aliphatic carbocycles. The summed E-state index contributed by atoms with van der Waals surface area (Å²) in [6.07, 6.45) is 5.24. The first-order valence-electron chi connectivity index (χ1n) is 9.51. The Bertz CT molecular complexity index is 924. The Morgan fingerprint density at radius 3 is 2.21 bits per heavy atom. The Labute approximate surface area is 164 Å². The van der Waals surface area contributed by atoms with E-state index < -0.39 is 0 Å². The Hall–Kier alpha value is -3.28. The number of rotatable bonds is 4. The molecule has 0 N–H and O–H groups in total. The second-order valence-corrected chi connectivity index (χ2v) is 6.91. The van der Waals surface area contributed by atoms with Gasteiger partial charge >= 0.3 is 0 Å². The number of amides is 1. The number of anilines is 1. The highest BCUT2D eigenvalue weighted by molar-refractivity contribution is 5.87. The van der Waals surface area contributed by atoms with E-state index in [4.69, 9.17) is 0 Å². The third-order valence-electron chi connectivity index (χ3n) is 5.16. The molecular weight excluding hydrogens is 350 g/mol.